The topological polar surface area (TPSA) is 66.3 Å². The molecule has 1 aliphatic heterocycles. The average molecular weight is 371 g/mol. The zero-order valence-electron chi connectivity index (χ0n) is 16.6. The molecule has 2 amide bonds. The molecule has 0 aliphatic carbocycles. The van der Waals surface area contributed by atoms with Crippen LogP contribution in [0.3, 0.4) is 0 Å². The minimum atomic E-state index is 0.0376. The SMILES string of the molecule is CN(C)Cc1nnc(C2CCN(C(=O)NCCc3ccccc3)CC2)n1C. The van der Waals surface area contributed by atoms with E-state index in [0.29, 0.717) is 12.5 Å². The molecular formula is C20H30N6O. The van der Waals surface area contributed by atoms with Crippen molar-refractivity contribution in [2.75, 3.05) is 33.7 Å². The van der Waals surface area contributed by atoms with Gasteiger partial charge in [-0.05, 0) is 38.9 Å². The lowest BCUT2D eigenvalue weighted by Crippen LogP contribution is -2.44. The number of likely N-dealkylation sites (tertiary alicyclic amines) is 1. The van der Waals surface area contributed by atoms with Crippen molar-refractivity contribution in [3.05, 3.63) is 47.5 Å². The highest BCUT2D eigenvalue weighted by Crippen LogP contribution is 2.26. The second kappa shape index (κ2) is 8.99. The lowest BCUT2D eigenvalue weighted by molar-refractivity contribution is 0.180. The van der Waals surface area contributed by atoms with Gasteiger partial charge in [0.25, 0.3) is 0 Å². The Balaban J connectivity index is 1.46. The van der Waals surface area contributed by atoms with Gasteiger partial charge in [0.15, 0.2) is 0 Å². The van der Waals surface area contributed by atoms with Crippen molar-refractivity contribution in [3.63, 3.8) is 0 Å². The smallest absolute Gasteiger partial charge is 0.317 e. The normalized spacial score (nSPS) is 15.3. The summed E-state index contributed by atoms with van der Waals surface area (Å²) in [6.07, 6.45) is 2.72. The first-order valence-electron chi connectivity index (χ1n) is 9.64. The number of amides is 2. The highest BCUT2D eigenvalue weighted by Gasteiger charge is 2.27. The number of carbonyl (C=O) groups is 1. The van der Waals surface area contributed by atoms with E-state index < -0.39 is 0 Å². The Morgan fingerprint density at radius 3 is 2.56 bits per heavy atom. The summed E-state index contributed by atoms with van der Waals surface area (Å²) in [5, 5.41) is 11.8. The molecule has 1 aromatic carbocycles. The van der Waals surface area contributed by atoms with Crippen LogP contribution < -0.4 is 5.32 Å². The molecule has 0 unspecified atom stereocenters. The first-order valence-corrected chi connectivity index (χ1v) is 9.64. The summed E-state index contributed by atoms with van der Waals surface area (Å²) >= 11 is 0. The Morgan fingerprint density at radius 2 is 1.89 bits per heavy atom. The van der Waals surface area contributed by atoms with Crippen LogP contribution in [0.2, 0.25) is 0 Å². The molecule has 3 rings (SSSR count). The molecule has 0 bridgehead atoms. The highest BCUT2D eigenvalue weighted by atomic mass is 16.2. The fraction of sp³-hybridized carbons (Fsp3) is 0.550. The Labute approximate surface area is 161 Å². The Morgan fingerprint density at radius 1 is 1.19 bits per heavy atom. The van der Waals surface area contributed by atoms with Crippen LogP contribution in [0.15, 0.2) is 30.3 Å². The van der Waals surface area contributed by atoms with Gasteiger partial charge in [-0.25, -0.2) is 4.79 Å². The van der Waals surface area contributed by atoms with Gasteiger partial charge >= 0.3 is 6.03 Å². The number of hydrogen-bond donors (Lipinski definition) is 1. The summed E-state index contributed by atoms with van der Waals surface area (Å²) in [7, 11) is 6.10. The van der Waals surface area contributed by atoms with E-state index in [9.17, 15) is 4.79 Å². The van der Waals surface area contributed by atoms with Crippen molar-refractivity contribution in [1.29, 1.82) is 0 Å². The molecule has 7 nitrogen and oxygen atoms in total. The molecule has 1 N–H and O–H groups in total. The van der Waals surface area contributed by atoms with Gasteiger partial charge in [0.2, 0.25) is 0 Å². The molecule has 7 heteroatoms. The minimum absolute atomic E-state index is 0.0376. The van der Waals surface area contributed by atoms with E-state index in [4.69, 9.17) is 0 Å². The number of nitrogens with one attached hydrogen (secondary N) is 1. The molecule has 1 aromatic heterocycles. The molecule has 2 heterocycles. The van der Waals surface area contributed by atoms with Gasteiger partial charge in [0.05, 0.1) is 6.54 Å². The van der Waals surface area contributed by atoms with Crippen LogP contribution in [0.5, 0.6) is 0 Å². The third kappa shape index (κ3) is 5.07. The molecule has 27 heavy (non-hydrogen) atoms. The molecule has 146 valence electrons. The number of piperidine rings is 1. The summed E-state index contributed by atoms with van der Waals surface area (Å²) in [6, 6.07) is 10.3. The number of hydrogen-bond acceptors (Lipinski definition) is 4. The third-order valence-electron chi connectivity index (χ3n) is 5.14. The van der Waals surface area contributed by atoms with Crippen molar-refractivity contribution >= 4 is 6.03 Å². The number of aromatic nitrogens is 3. The van der Waals surface area contributed by atoms with Crippen LogP contribution in [0.4, 0.5) is 4.79 Å². The molecule has 2 aromatic rings. The Hall–Kier alpha value is -2.41. The number of urea groups is 1. The number of rotatable bonds is 6. The van der Waals surface area contributed by atoms with Crippen molar-refractivity contribution in [2.45, 2.75) is 31.7 Å². The first kappa shape index (κ1) is 19.4. The van der Waals surface area contributed by atoms with Crippen LogP contribution >= 0.6 is 0 Å². The Bertz CT molecular complexity index is 734. The molecule has 0 saturated carbocycles. The third-order valence-corrected chi connectivity index (χ3v) is 5.14. The van der Waals surface area contributed by atoms with Gasteiger partial charge in [-0.3, -0.25) is 0 Å². The number of carbonyl (C=O) groups excluding carboxylic acids is 1. The summed E-state index contributed by atoms with van der Waals surface area (Å²) in [5.41, 5.74) is 1.24. The fourth-order valence-corrected chi connectivity index (χ4v) is 3.56. The minimum Gasteiger partial charge on any atom is -0.338 e. The summed E-state index contributed by atoms with van der Waals surface area (Å²) in [6.45, 7) is 2.97. The predicted molar refractivity (Wildman–Crippen MR) is 105 cm³/mol. The monoisotopic (exact) mass is 370 g/mol. The van der Waals surface area contributed by atoms with Gasteiger partial charge < -0.3 is 19.7 Å². The lowest BCUT2D eigenvalue weighted by atomic mass is 9.96. The molecular weight excluding hydrogens is 340 g/mol. The van der Waals surface area contributed by atoms with Crippen LogP contribution in [0.25, 0.3) is 0 Å². The molecule has 1 aliphatic rings. The first-order chi connectivity index (χ1) is 13.0. The quantitative estimate of drug-likeness (QED) is 0.845. The van der Waals surface area contributed by atoms with Crippen molar-refractivity contribution in [3.8, 4) is 0 Å². The molecule has 1 fully saturated rings. The number of benzene rings is 1. The fourth-order valence-electron chi connectivity index (χ4n) is 3.56. The molecule has 0 atom stereocenters. The predicted octanol–water partition coefficient (Wildman–Crippen LogP) is 2.01. The lowest BCUT2D eigenvalue weighted by Gasteiger charge is -2.31. The van der Waals surface area contributed by atoms with Gasteiger partial charge in [0, 0.05) is 32.6 Å². The summed E-state index contributed by atoms with van der Waals surface area (Å²) < 4.78 is 2.11. The van der Waals surface area contributed by atoms with Gasteiger partial charge in [0.1, 0.15) is 11.6 Å². The molecule has 0 spiro atoms. The van der Waals surface area contributed by atoms with E-state index in [-0.39, 0.29) is 6.03 Å². The Kier molecular flexibility index (Phi) is 6.45. The van der Waals surface area contributed by atoms with Crippen LogP contribution in [0.1, 0.15) is 36.0 Å². The van der Waals surface area contributed by atoms with Gasteiger partial charge in [-0.1, -0.05) is 30.3 Å². The zero-order chi connectivity index (χ0) is 19.2. The van der Waals surface area contributed by atoms with Gasteiger partial charge in [-0.15, -0.1) is 10.2 Å². The van der Waals surface area contributed by atoms with E-state index in [1.54, 1.807) is 0 Å². The maximum absolute atomic E-state index is 12.4. The standard InChI is InChI=1S/C20H30N6O/c1-24(2)15-18-22-23-19(25(18)3)17-10-13-26(14-11-17)20(27)21-12-9-16-7-5-4-6-8-16/h4-8,17H,9-15H2,1-3H3,(H,21,27). The van der Waals surface area contributed by atoms with Crippen molar-refractivity contribution in [2.24, 2.45) is 7.05 Å². The van der Waals surface area contributed by atoms with E-state index in [0.717, 1.165) is 50.5 Å². The zero-order valence-corrected chi connectivity index (χ0v) is 16.6. The molecule has 1 saturated heterocycles. The number of nitrogens with zero attached hydrogens (tertiary/aromatic N) is 5. The second-order valence-electron chi connectivity index (χ2n) is 7.50. The van der Waals surface area contributed by atoms with Crippen LogP contribution in [0, 0.1) is 0 Å². The van der Waals surface area contributed by atoms with E-state index in [1.165, 1.54) is 5.56 Å². The molecule has 0 radical (unpaired) electrons. The van der Waals surface area contributed by atoms with E-state index in [1.807, 2.05) is 44.2 Å². The van der Waals surface area contributed by atoms with E-state index >= 15 is 0 Å². The van der Waals surface area contributed by atoms with Crippen molar-refractivity contribution in [1.82, 2.24) is 29.9 Å². The van der Waals surface area contributed by atoms with E-state index in [2.05, 4.69) is 37.1 Å². The maximum Gasteiger partial charge on any atom is 0.317 e. The van der Waals surface area contributed by atoms with Crippen molar-refractivity contribution < 1.29 is 4.79 Å². The summed E-state index contributed by atoms with van der Waals surface area (Å²) in [5.74, 6) is 2.39. The highest BCUT2D eigenvalue weighted by molar-refractivity contribution is 5.74. The van der Waals surface area contributed by atoms with Crippen LogP contribution in [-0.4, -0.2) is 64.3 Å². The maximum atomic E-state index is 12.4. The van der Waals surface area contributed by atoms with Crippen LogP contribution in [-0.2, 0) is 20.0 Å². The second-order valence-corrected chi connectivity index (χ2v) is 7.50. The summed E-state index contributed by atoms with van der Waals surface area (Å²) in [4.78, 5) is 16.4. The largest absolute Gasteiger partial charge is 0.338 e. The van der Waals surface area contributed by atoms with Gasteiger partial charge in [-0.2, -0.15) is 0 Å². The average Bonchev–Trinajstić information content (AvgIpc) is 3.02.